The SMILES string of the molecule is CCC1(NC)CC(C)C1. The Hall–Kier alpha value is -0.0400. The van der Waals surface area contributed by atoms with Crippen molar-refractivity contribution in [1.82, 2.24) is 5.32 Å². The highest BCUT2D eigenvalue weighted by molar-refractivity contribution is 4.97. The molecule has 0 bridgehead atoms. The fourth-order valence-corrected chi connectivity index (χ4v) is 1.94. The molecular formula is C8H17N. The average Bonchev–Trinajstić information content (AvgIpc) is 1.81. The van der Waals surface area contributed by atoms with E-state index in [0.29, 0.717) is 5.54 Å². The Morgan fingerprint density at radius 3 is 2.22 bits per heavy atom. The van der Waals surface area contributed by atoms with Crippen LogP contribution < -0.4 is 5.32 Å². The maximum absolute atomic E-state index is 3.40. The van der Waals surface area contributed by atoms with E-state index in [-0.39, 0.29) is 0 Å². The van der Waals surface area contributed by atoms with Crippen molar-refractivity contribution in [2.24, 2.45) is 5.92 Å². The van der Waals surface area contributed by atoms with Gasteiger partial charge < -0.3 is 5.32 Å². The molecule has 1 fully saturated rings. The second-order valence-electron chi connectivity index (χ2n) is 3.40. The minimum absolute atomic E-state index is 0.527. The van der Waals surface area contributed by atoms with Crippen molar-refractivity contribution < 1.29 is 0 Å². The molecule has 1 rings (SSSR count). The zero-order chi connectivity index (χ0) is 6.91. The van der Waals surface area contributed by atoms with Gasteiger partial charge in [-0.2, -0.15) is 0 Å². The summed E-state index contributed by atoms with van der Waals surface area (Å²) in [6.07, 6.45) is 4.04. The number of nitrogens with one attached hydrogen (secondary N) is 1. The Morgan fingerprint density at radius 1 is 1.56 bits per heavy atom. The summed E-state index contributed by atoms with van der Waals surface area (Å²) < 4.78 is 0. The highest BCUT2D eigenvalue weighted by atomic mass is 15.0. The van der Waals surface area contributed by atoms with Crippen LogP contribution in [0.2, 0.25) is 0 Å². The molecule has 1 nitrogen and oxygen atoms in total. The minimum atomic E-state index is 0.527. The molecule has 0 aromatic rings. The second kappa shape index (κ2) is 2.30. The monoisotopic (exact) mass is 127 g/mol. The lowest BCUT2D eigenvalue weighted by Crippen LogP contribution is -2.52. The molecule has 1 saturated carbocycles. The van der Waals surface area contributed by atoms with Crippen LogP contribution in [0.5, 0.6) is 0 Å². The Labute approximate surface area is 57.8 Å². The molecule has 0 radical (unpaired) electrons. The van der Waals surface area contributed by atoms with E-state index in [1.165, 1.54) is 19.3 Å². The lowest BCUT2D eigenvalue weighted by Gasteiger charge is -2.46. The van der Waals surface area contributed by atoms with E-state index in [1.807, 2.05) is 0 Å². The zero-order valence-corrected chi connectivity index (χ0v) is 6.70. The fourth-order valence-electron chi connectivity index (χ4n) is 1.94. The van der Waals surface area contributed by atoms with Gasteiger partial charge in [0.05, 0.1) is 0 Å². The highest BCUT2D eigenvalue weighted by Gasteiger charge is 2.38. The van der Waals surface area contributed by atoms with Gasteiger partial charge in [0.15, 0.2) is 0 Å². The molecule has 0 amide bonds. The van der Waals surface area contributed by atoms with E-state index >= 15 is 0 Å². The maximum Gasteiger partial charge on any atom is 0.0181 e. The van der Waals surface area contributed by atoms with Gasteiger partial charge in [-0.15, -0.1) is 0 Å². The van der Waals surface area contributed by atoms with Crippen LogP contribution in [-0.2, 0) is 0 Å². The van der Waals surface area contributed by atoms with Gasteiger partial charge in [0.2, 0.25) is 0 Å². The summed E-state index contributed by atoms with van der Waals surface area (Å²) in [6, 6.07) is 0. The number of rotatable bonds is 2. The van der Waals surface area contributed by atoms with Crippen LogP contribution >= 0.6 is 0 Å². The third-order valence-corrected chi connectivity index (χ3v) is 2.69. The van der Waals surface area contributed by atoms with E-state index in [9.17, 15) is 0 Å². The molecule has 0 saturated heterocycles. The average molecular weight is 127 g/mol. The highest BCUT2D eigenvalue weighted by Crippen LogP contribution is 2.39. The van der Waals surface area contributed by atoms with Gasteiger partial charge in [-0.3, -0.25) is 0 Å². The second-order valence-corrected chi connectivity index (χ2v) is 3.40. The first-order valence-electron chi connectivity index (χ1n) is 3.91. The van der Waals surface area contributed by atoms with E-state index in [2.05, 4.69) is 26.2 Å². The van der Waals surface area contributed by atoms with E-state index in [4.69, 9.17) is 0 Å². The molecule has 0 unspecified atom stereocenters. The van der Waals surface area contributed by atoms with Crippen LogP contribution in [-0.4, -0.2) is 12.6 Å². The van der Waals surface area contributed by atoms with Crippen LogP contribution in [0.4, 0.5) is 0 Å². The van der Waals surface area contributed by atoms with Crippen molar-refractivity contribution in [3.8, 4) is 0 Å². The predicted molar refractivity (Wildman–Crippen MR) is 40.5 cm³/mol. The summed E-state index contributed by atoms with van der Waals surface area (Å²) in [4.78, 5) is 0. The topological polar surface area (TPSA) is 12.0 Å². The van der Waals surface area contributed by atoms with E-state index in [0.717, 1.165) is 5.92 Å². The summed E-state index contributed by atoms with van der Waals surface area (Å²) in [5.74, 6) is 0.956. The first kappa shape index (κ1) is 7.07. The molecule has 0 aromatic heterocycles. The zero-order valence-electron chi connectivity index (χ0n) is 6.70. The summed E-state index contributed by atoms with van der Waals surface area (Å²) in [5.41, 5.74) is 0.527. The van der Waals surface area contributed by atoms with Crippen molar-refractivity contribution in [3.63, 3.8) is 0 Å². The quantitative estimate of drug-likeness (QED) is 0.596. The molecule has 1 N–H and O–H groups in total. The van der Waals surface area contributed by atoms with Crippen molar-refractivity contribution in [2.75, 3.05) is 7.05 Å². The standard InChI is InChI=1S/C8H17N/c1-4-8(9-3)5-7(2)6-8/h7,9H,4-6H2,1-3H3. The Balaban J connectivity index is 2.36. The van der Waals surface area contributed by atoms with Gasteiger partial charge in [0.25, 0.3) is 0 Å². The molecule has 1 aliphatic rings. The number of hydrogen-bond acceptors (Lipinski definition) is 1. The predicted octanol–water partition coefficient (Wildman–Crippen LogP) is 1.78. The van der Waals surface area contributed by atoms with Crippen LogP contribution in [0.25, 0.3) is 0 Å². The van der Waals surface area contributed by atoms with Crippen molar-refractivity contribution in [3.05, 3.63) is 0 Å². The van der Waals surface area contributed by atoms with Gasteiger partial charge >= 0.3 is 0 Å². The maximum atomic E-state index is 3.40. The first-order chi connectivity index (χ1) is 4.22. The molecule has 1 aliphatic carbocycles. The van der Waals surface area contributed by atoms with Crippen LogP contribution in [0.1, 0.15) is 33.1 Å². The Morgan fingerprint density at radius 2 is 2.11 bits per heavy atom. The molecule has 54 valence electrons. The normalized spacial score (nSPS) is 42.3. The summed E-state index contributed by atoms with van der Waals surface area (Å²) in [6.45, 7) is 4.59. The van der Waals surface area contributed by atoms with Crippen LogP contribution in [0.3, 0.4) is 0 Å². The van der Waals surface area contributed by atoms with Crippen LogP contribution in [0, 0.1) is 5.92 Å². The molecule has 0 heterocycles. The molecule has 0 aliphatic heterocycles. The molecule has 1 heteroatoms. The molecule has 0 atom stereocenters. The van der Waals surface area contributed by atoms with Crippen molar-refractivity contribution in [1.29, 1.82) is 0 Å². The van der Waals surface area contributed by atoms with Crippen molar-refractivity contribution in [2.45, 2.75) is 38.6 Å². The fraction of sp³-hybridized carbons (Fsp3) is 1.00. The van der Waals surface area contributed by atoms with Gasteiger partial charge in [0.1, 0.15) is 0 Å². The van der Waals surface area contributed by atoms with Gasteiger partial charge in [-0.1, -0.05) is 13.8 Å². The van der Waals surface area contributed by atoms with E-state index in [1.54, 1.807) is 0 Å². The lowest BCUT2D eigenvalue weighted by molar-refractivity contribution is 0.121. The summed E-state index contributed by atoms with van der Waals surface area (Å²) in [7, 11) is 2.08. The molecule has 9 heavy (non-hydrogen) atoms. The molecular weight excluding hydrogens is 110 g/mol. The Bertz CT molecular complexity index is 86.7. The van der Waals surface area contributed by atoms with Crippen LogP contribution in [0.15, 0.2) is 0 Å². The van der Waals surface area contributed by atoms with Gasteiger partial charge in [-0.05, 0) is 32.2 Å². The smallest absolute Gasteiger partial charge is 0.0181 e. The first-order valence-corrected chi connectivity index (χ1v) is 3.91. The number of hydrogen-bond donors (Lipinski definition) is 1. The van der Waals surface area contributed by atoms with E-state index < -0.39 is 0 Å². The molecule has 0 spiro atoms. The summed E-state index contributed by atoms with van der Waals surface area (Å²) in [5, 5.41) is 3.40. The lowest BCUT2D eigenvalue weighted by atomic mass is 9.68. The third kappa shape index (κ3) is 1.11. The van der Waals surface area contributed by atoms with Gasteiger partial charge in [-0.25, -0.2) is 0 Å². The Kier molecular flexibility index (Phi) is 1.80. The minimum Gasteiger partial charge on any atom is -0.314 e. The third-order valence-electron chi connectivity index (χ3n) is 2.69. The van der Waals surface area contributed by atoms with Crippen molar-refractivity contribution >= 4 is 0 Å². The summed E-state index contributed by atoms with van der Waals surface area (Å²) >= 11 is 0. The molecule has 0 aromatic carbocycles. The largest absolute Gasteiger partial charge is 0.314 e. The van der Waals surface area contributed by atoms with Gasteiger partial charge in [0, 0.05) is 5.54 Å².